The van der Waals surface area contributed by atoms with Crippen LogP contribution >= 0.6 is 0 Å². The van der Waals surface area contributed by atoms with Crippen LogP contribution in [-0.2, 0) is 0 Å². The number of halogens is 1. The molecule has 174 valence electrons. The fraction of sp³-hybridized carbons (Fsp3) is 0.138. The average Bonchev–Trinajstić information content (AvgIpc) is 2.87. The molecule has 0 aliphatic heterocycles. The van der Waals surface area contributed by atoms with E-state index in [9.17, 15) is 9.18 Å². The van der Waals surface area contributed by atoms with Crippen molar-refractivity contribution >= 4 is 16.7 Å². The summed E-state index contributed by atoms with van der Waals surface area (Å²) in [5.41, 5.74) is 4.90. The van der Waals surface area contributed by atoms with Gasteiger partial charge in [0.25, 0.3) is 0 Å². The van der Waals surface area contributed by atoms with Crippen LogP contribution in [0.4, 0.5) is 10.1 Å². The first-order valence-corrected chi connectivity index (χ1v) is 11.4. The lowest BCUT2D eigenvalue weighted by Crippen LogP contribution is -2.13. The molecule has 5 nitrogen and oxygen atoms in total. The van der Waals surface area contributed by atoms with Gasteiger partial charge in [0.15, 0.2) is 11.2 Å². The maximum Gasteiger partial charge on any atom is 0.196 e. The summed E-state index contributed by atoms with van der Waals surface area (Å²) in [6.07, 6.45) is 3.31. The number of fused-ring (bicyclic) bond motifs is 1. The highest BCUT2D eigenvalue weighted by atomic mass is 19.1. The Hall–Kier alpha value is -4.32. The molecule has 5 aromatic rings. The number of pyridine rings is 2. The molecule has 5 rings (SSSR count). The molecular weight excluding hydrogens is 441 g/mol. The first-order valence-electron chi connectivity index (χ1n) is 11.4. The maximum atomic E-state index is 14.5. The van der Waals surface area contributed by atoms with E-state index in [4.69, 9.17) is 4.42 Å². The number of aryl methyl sites for hydroxylation is 1. The molecule has 0 fully saturated rings. The number of aromatic nitrogens is 2. The number of anilines is 1. The van der Waals surface area contributed by atoms with E-state index in [0.717, 1.165) is 11.1 Å². The van der Waals surface area contributed by atoms with Gasteiger partial charge in [-0.2, -0.15) is 0 Å². The van der Waals surface area contributed by atoms with Crippen LogP contribution < -0.4 is 10.7 Å². The van der Waals surface area contributed by atoms with E-state index in [1.165, 1.54) is 6.07 Å². The Kier molecular flexibility index (Phi) is 5.87. The summed E-state index contributed by atoms with van der Waals surface area (Å²) in [6, 6.07) is 19.3. The Labute approximate surface area is 202 Å². The smallest absolute Gasteiger partial charge is 0.196 e. The van der Waals surface area contributed by atoms with Crippen molar-refractivity contribution in [3.8, 4) is 22.7 Å². The first kappa shape index (κ1) is 22.5. The molecule has 0 spiro atoms. The Morgan fingerprint density at radius 3 is 2.49 bits per heavy atom. The Balaban J connectivity index is 1.64. The van der Waals surface area contributed by atoms with Crippen molar-refractivity contribution in [3.05, 3.63) is 112 Å². The third kappa shape index (κ3) is 4.19. The predicted molar refractivity (Wildman–Crippen MR) is 137 cm³/mol. The van der Waals surface area contributed by atoms with Gasteiger partial charge in [-0.05, 0) is 68.8 Å². The minimum atomic E-state index is -0.343. The second-order valence-electron chi connectivity index (χ2n) is 8.58. The first-order chi connectivity index (χ1) is 16.9. The van der Waals surface area contributed by atoms with Crippen molar-refractivity contribution in [3.63, 3.8) is 0 Å². The lowest BCUT2D eigenvalue weighted by atomic mass is 9.99. The predicted octanol–water partition coefficient (Wildman–Crippen LogP) is 6.85. The van der Waals surface area contributed by atoms with E-state index in [-0.39, 0.29) is 17.3 Å². The van der Waals surface area contributed by atoms with Crippen molar-refractivity contribution in [2.45, 2.75) is 26.8 Å². The molecule has 1 N–H and O–H groups in total. The molecule has 0 radical (unpaired) electrons. The van der Waals surface area contributed by atoms with Crippen LogP contribution in [-0.4, -0.2) is 9.97 Å². The second-order valence-corrected chi connectivity index (χ2v) is 8.58. The van der Waals surface area contributed by atoms with Gasteiger partial charge in [-0.25, -0.2) is 4.39 Å². The van der Waals surface area contributed by atoms with Crippen molar-refractivity contribution in [1.29, 1.82) is 0 Å². The van der Waals surface area contributed by atoms with Crippen molar-refractivity contribution in [2.75, 3.05) is 5.32 Å². The molecule has 3 heterocycles. The minimum Gasteiger partial charge on any atom is -0.454 e. The molecule has 0 aliphatic carbocycles. The van der Waals surface area contributed by atoms with E-state index in [0.29, 0.717) is 44.9 Å². The van der Waals surface area contributed by atoms with Gasteiger partial charge in [0.1, 0.15) is 17.1 Å². The third-order valence-electron chi connectivity index (χ3n) is 6.06. The van der Waals surface area contributed by atoms with E-state index in [1.807, 2.05) is 50.2 Å². The Morgan fingerprint density at radius 2 is 1.71 bits per heavy atom. The monoisotopic (exact) mass is 465 g/mol. The summed E-state index contributed by atoms with van der Waals surface area (Å²) in [6.45, 7) is 5.69. The molecule has 1 unspecified atom stereocenters. The van der Waals surface area contributed by atoms with E-state index >= 15 is 0 Å². The molecule has 0 bridgehead atoms. The zero-order valence-corrected chi connectivity index (χ0v) is 19.7. The van der Waals surface area contributed by atoms with E-state index in [1.54, 1.807) is 43.6 Å². The summed E-state index contributed by atoms with van der Waals surface area (Å²) in [5.74, 6) is 0.109. The highest BCUT2D eigenvalue weighted by Gasteiger charge is 2.20. The molecule has 0 aliphatic rings. The van der Waals surface area contributed by atoms with E-state index in [2.05, 4.69) is 15.3 Å². The van der Waals surface area contributed by atoms with Crippen LogP contribution in [0.15, 0.2) is 88.3 Å². The molecule has 1 atom stereocenters. The highest BCUT2D eigenvalue weighted by Crippen LogP contribution is 2.34. The molecule has 0 saturated heterocycles. The minimum absolute atomic E-state index is 0.0857. The van der Waals surface area contributed by atoms with Crippen LogP contribution in [0.1, 0.15) is 29.7 Å². The van der Waals surface area contributed by atoms with Crippen LogP contribution in [0.25, 0.3) is 33.7 Å². The fourth-order valence-electron chi connectivity index (χ4n) is 4.33. The van der Waals surface area contributed by atoms with Gasteiger partial charge < -0.3 is 9.73 Å². The summed E-state index contributed by atoms with van der Waals surface area (Å²) in [7, 11) is 0. The Morgan fingerprint density at radius 1 is 0.943 bits per heavy atom. The molecule has 3 aromatic heterocycles. The summed E-state index contributed by atoms with van der Waals surface area (Å²) in [5, 5.41) is 3.98. The number of rotatable bonds is 5. The second kappa shape index (κ2) is 9.14. The van der Waals surface area contributed by atoms with Crippen LogP contribution in [0.5, 0.6) is 0 Å². The quantitative estimate of drug-likeness (QED) is 0.308. The topological polar surface area (TPSA) is 68.0 Å². The highest BCUT2D eigenvalue weighted by molar-refractivity contribution is 5.84. The van der Waals surface area contributed by atoms with Gasteiger partial charge in [0, 0.05) is 29.1 Å². The molecule has 6 heteroatoms. The lowest BCUT2D eigenvalue weighted by molar-refractivity contribution is 0.603. The van der Waals surface area contributed by atoms with Crippen molar-refractivity contribution < 1.29 is 8.81 Å². The maximum absolute atomic E-state index is 14.5. The van der Waals surface area contributed by atoms with Crippen molar-refractivity contribution in [2.24, 2.45) is 0 Å². The summed E-state index contributed by atoms with van der Waals surface area (Å²) >= 11 is 0. The van der Waals surface area contributed by atoms with Crippen LogP contribution in [0.2, 0.25) is 0 Å². The van der Waals surface area contributed by atoms with Gasteiger partial charge >= 0.3 is 0 Å². The Bertz CT molecular complexity index is 1600. The number of nitrogens with one attached hydrogen (secondary N) is 1. The van der Waals surface area contributed by atoms with Gasteiger partial charge in [-0.1, -0.05) is 24.3 Å². The van der Waals surface area contributed by atoms with Gasteiger partial charge in [-0.3, -0.25) is 14.8 Å². The zero-order valence-electron chi connectivity index (χ0n) is 19.7. The van der Waals surface area contributed by atoms with Gasteiger partial charge in [0.2, 0.25) is 0 Å². The summed E-state index contributed by atoms with van der Waals surface area (Å²) in [4.78, 5) is 22.1. The molecule has 2 aromatic carbocycles. The summed E-state index contributed by atoms with van der Waals surface area (Å²) < 4.78 is 20.9. The van der Waals surface area contributed by atoms with Crippen LogP contribution in [0.3, 0.4) is 0 Å². The number of hydrogen-bond acceptors (Lipinski definition) is 5. The number of hydrogen-bond donors (Lipinski definition) is 1. The molecule has 35 heavy (non-hydrogen) atoms. The molecular formula is C29H24FN3O2. The number of nitrogens with zero attached hydrogens (tertiary/aromatic N) is 2. The largest absolute Gasteiger partial charge is 0.454 e. The molecule has 0 saturated carbocycles. The lowest BCUT2D eigenvalue weighted by Gasteiger charge is -2.20. The van der Waals surface area contributed by atoms with Crippen LogP contribution in [0, 0.1) is 19.7 Å². The standard InChI is InChI=1S/C29H24FN3O2/c1-17-15-21(19(3)33-24-12-8-14-32-26(24)20-9-4-5-10-23(20)30)29-22(16-17)27(34)18(2)28(35-29)25-11-6-7-13-31-25/h4-16,19,33H,1-3H3. The third-order valence-corrected chi connectivity index (χ3v) is 6.06. The van der Waals surface area contributed by atoms with Crippen molar-refractivity contribution in [1.82, 2.24) is 9.97 Å². The van der Waals surface area contributed by atoms with Gasteiger partial charge in [-0.15, -0.1) is 0 Å². The zero-order chi connectivity index (χ0) is 24.5. The SMILES string of the molecule is Cc1cc(C(C)Nc2cccnc2-c2ccccc2F)c2oc(-c3ccccn3)c(C)c(=O)c2c1. The average molecular weight is 466 g/mol. The normalized spacial score (nSPS) is 12.0. The molecule has 0 amide bonds. The van der Waals surface area contributed by atoms with Gasteiger partial charge in [0.05, 0.1) is 22.8 Å². The van der Waals surface area contributed by atoms with E-state index < -0.39 is 0 Å². The fourth-order valence-corrected chi connectivity index (χ4v) is 4.33. The number of benzene rings is 2.